The summed E-state index contributed by atoms with van der Waals surface area (Å²) in [6, 6.07) is 0.402. The maximum absolute atomic E-state index is 12.8. The molecule has 5 aliphatic rings. The van der Waals surface area contributed by atoms with Gasteiger partial charge in [-0.25, -0.2) is 0 Å². The predicted molar refractivity (Wildman–Crippen MR) is 93.2 cm³/mol. The Kier molecular flexibility index (Phi) is 4.57. The van der Waals surface area contributed by atoms with Gasteiger partial charge in [-0.3, -0.25) is 9.59 Å². The van der Waals surface area contributed by atoms with Crippen molar-refractivity contribution in [2.45, 2.75) is 83.1 Å². The second-order valence-corrected chi connectivity index (χ2v) is 9.11. The normalized spacial score (nSPS) is 37.6. The smallest absolute Gasteiger partial charge is 0.226 e. The molecule has 5 rings (SSSR count). The number of amides is 2. The van der Waals surface area contributed by atoms with Crippen molar-refractivity contribution >= 4 is 11.8 Å². The molecule has 4 bridgehead atoms. The molecule has 0 radical (unpaired) electrons. The summed E-state index contributed by atoms with van der Waals surface area (Å²) < 4.78 is 0. The van der Waals surface area contributed by atoms with Gasteiger partial charge in [-0.1, -0.05) is 12.8 Å². The minimum Gasteiger partial charge on any atom is -0.356 e. The third-order valence-corrected chi connectivity index (χ3v) is 7.11. The van der Waals surface area contributed by atoms with E-state index in [1.54, 1.807) is 0 Å². The van der Waals surface area contributed by atoms with Crippen LogP contribution >= 0.6 is 0 Å². The minimum absolute atomic E-state index is 0.0547. The van der Waals surface area contributed by atoms with E-state index in [-0.39, 0.29) is 17.2 Å². The highest BCUT2D eigenvalue weighted by Crippen LogP contribution is 2.60. The quantitative estimate of drug-likeness (QED) is 0.734. The van der Waals surface area contributed by atoms with Crippen LogP contribution in [0, 0.1) is 23.2 Å². The summed E-state index contributed by atoms with van der Waals surface area (Å²) in [6.45, 7) is 0.651. The molecule has 5 saturated carbocycles. The molecule has 4 heteroatoms. The second-order valence-electron chi connectivity index (χ2n) is 9.11. The van der Waals surface area contributed by atoms with Crippen LogP contribution in [-0.2, 0) is 9.59 Å². The van der Waals surface area contributed by atoms with Crippen LogP contribution in [0.4, 0.5) is 0 Å². The fourth-order valence-electron chi connectivity index (χ4n) is 6.40. The summed E-state index contributed by atoms with van der Waals surface area (Å²) in [5, 5.41) is 6.29. The fraction of sp³-hybridized carbons (Fsp3) is 0.900. The highest BCUT2D eigenvalue weighted by molar-refractivity contribution is 5.83. The number of hydrogen-bond donors (Lipinski definition) is 2. The summed E-state index contributed by atoms with van der Waals surface area (Å²) >= 11 is 0. The van der Waals surface area contributed by atoms with Gasteiger partial charge in [0.1, 0.15) is 0 Å². The third-order valence-electron chi connectivity index (χ3n) is 7.11. The molecule has 0 atom stereocenters. The molecular weight excluding hydrogens is 300 g/mol. The van der Waals surface area contributed by atoms with Crippen LogP contribution in [-0.4, -0.2) is 24.4 Å². The van der Waals surface area contributed by atoms with E-state index in [2.05, 4.69) is 10.6 Å². The Bertz CT molecular complexity index is 461. The Hall–Kier alpha value is -1.06. The van der Waals surface area contributed by atoms with Crippen molar-refractivity contribution in [2.75, 3.05) is 6.54 Å². The van der Waals surface area contributed by atoms with Crippen molar-refractivity contribution in [2.24, 2.45) is 23.2 Å². The number of carbonyl (C=O) groups is 2. The van der Waals surface area contributed by atoms with Gasteiger partial charge in [-0.15, -0.1) is 0 Å². The van der Waals surface area contributed by atoms with Gasteiger partial charge >= 0.3 is 0 Å². The Balaban J connectivity index is 1.19. The van der Waals surface area contributed by atoms with Crippen LogP contribution in [0.2, 0.25) is 0 Å². The van der Waals surface area contributed by atoms with Crippen molar-refractivity contribution < 1.29 is 9.59 Å². The predicted octanol–water partition coefficient (Wildman–Crippen LogP) is 3.16. The van der Waals surface area contributed by atoms with Crippen molar-refractivity contribution in [3.63, 3.8) is 0 Å². The van der Waals surface area contributed by atoms with Crippen LogP contribution in [0.5, 0.6) is 0 Å². The highest BCUT2D eigenvalue weighted by Gasteiger charge is 2.54. The van der Waals surface area contributed by atoms with E-state index < -0.39 is 0 Å². The van der Waals surface area contributed by atoms with Gasteiger partial charge < -0.3 is 10.6 Å². The first-order chi connectivity index (χ1) is 11.6. The van der Waals surface area contributed by atoms with Crippen LogP contribution in [0.15, 0.2) is 0 Å². The van der Waals surface area contributed by atoms with Crippen molar-refractivity contribution in [3.8, 4) is 0 Å². The summed E-state index contributed by atoms with van der Waals surface area (Å²) in [4.78, 5) is 24.8. The van der Waals surface area contributed by atoms with Gasteiger partial charge in [-0.2, -0.15) is 0 Å². The third kappa shape index (κ3) is 3.34. The fourth-order valence-corrected chi connectivity index (χ4v) is 6.40. The molecule has 0 aromatic carbocycles. The van der Waals surface area contributed by atoms with Gasteiger partial charge in [0, 0.05) is 24.4 Å². The Morgan fingerprint density at radius 3 is 2.08 bits per heavy atom. The average molecular weight is 332 g/mol. The van der Waals surface area contributed by atoms with Crippen molar-refractivity contribution in [1.29, 1.82) is 0 Å². The molecule has 4 nitrogen and oxygen atoms in total. The first-order valence-corrected chi connectivity index (χ1v) is 10.2. The monoisotopic (exact) mass is 332 g/mol. The zero-order valence-electron chi connectivity index (χ0n) is 14.8. The number of hydrogen-bond acceptors (Lipinski definition) is 2. The largest absolute Gasteiger partial charge is 0.356 e. The number of rotatable bonds is 6. The van der Waals surface area contributed by atoms with E-state index in [1.165, 1.54) is 32.1 Å². The van der Waals surface area contributed by atoms with Crippen LogP contribution < -0.4 is 10.6 Å². The standard InChI is InChI=1S/C20H32N2O2/c23-18(22-17-4-1-2-5-17)6-3-7-21-19(24)20-11-14-8-15(12-20)10-16(9-14)13-20/h14-17H,1-13H2,(H,21,24)(H,22,23). The molecule has 0 aromatic heterocycles. The van der Waals surface area contributed by atoms with Crippen LogP contribution in [0.3, 0.4) is 0 Å². The van der Waals surface area contributed by atoms with E-state index in [0.717, 1.165) is 56.3 Å². The first kappa shape index (κ1) is 16.4. The summed E-state index contributed by atoms with van der Waals surface area (Å²) in [5.74, 6) is 2.86. The molecule has 24 heavy (non-hydrogen) atoms. The molecule has 2 N–H and O–H groups in total. The zero-order chi connectivity index (χ0) is 16.6. The minimum atomic E-state index is -0.0547. The van der Waals surface area contributed by atoms with Crippen LogP contribution in [0.25, 0.3) is 0 Å². The van der Waals surface area contributed by atoms with Crippen LogP contribution in [0.1, 0.15) is 77.0 Å². The van der Waals surface area contributed by atoms with Gasteiger partial charge in [0.15, 0.2) is 0 Å². The lowest BCUT2D eigenvalue weighted by atomic mass is 9.49. The lowest BCUT2D eigenvalue weighted by Gasteiger charge is -2.55. The van der Waals surface area contributed by atoms with Crippen molar-refractivity contribution in [3.05, 3.63) is 0 Å². The lowest BCUT2D eigenvalue weighted by molar-refractivity contribution is -0.146. The van der Waals surface area contributed by atoms with E-state index in [4.69, 9.17) is 0 Å². The highest BCUT2D eigenvalue weighted by atomic mass is 16.2. The number of nitrogens with one attached hydrogen (secondary N) is 2. The molecule has 0 heterocycles. The molecular formula is C20H32N2O2. The lowest BCUT2D eigenvalue weighted by Crippen LogP contribution is -2.53. The van der Waals surface area contributed by atoms with Gasteiger partial charge in [-0.05, 0) is 75.5 Å². The maximum Gasteiger partial charge on any atom is 0.226 e. The van der Waals surface area contributed by atoms with E-state index >= 15 is 0 Å². The summed E-state index contributed by atoms with van der Waals surface area (Å²) in [7, 11) is 0. The Labute approximate surface area is 145 Å². The molecule has 5 aliphatic carbocycles. The van der Waals surface area contributed by atoms with Crippen molar-refractivity contribution in [1.82, 2.24) is 10.6 Å². The molecule has 134 valence electrons. The van der Waals surface area contributed by atoms with E-state index in [9.17, 15) is 9.59 Å². The first-order valence-electron chi connectivity index (χ1n) is 10.2. The molecule has 0 spiro atoms. The molecule has 0 aromatic rings. The molecule has 0 saturated heterocycles. The Morgan fingerprint density at radius 2 is 1.50 bits per heavy atom. The summed E-state index contributed by atoms with van der Waals surface area (Å²) in [6.07, 6.45) is 13.5. The molecule has 0 aliphatic heterocycles. The topological polar surface area (TPSA) is 58.2 Å². The second kappa shape index (κ2) is 6.68. The van der Waals surface area contributed by atoms with Gasteiger partial charge in [0.25, 0.3) is 0 Å². The summed E-state index contributed by atoms with van der Waals surface area (Å²) in [5.41, 5.74) is -0.0547. The van der Waals surface area contributed by atoms with E-state index in [0.29, 0.717) is 19.0 Å². The average Bonchev–Trinajstić information content (AvgIpc) is 3.03. The molecule has 0 unspecified atom stereocenters. The SMILES string of the molecule is O=C(CCCNC(=O)C12CC3CC(CC(C3)C1)C2)NC1CCCC1. The maximum atomic E-state index is 12.8. The Morgan fingerprint density at radius 1 is 0.917 bits per heavy atom. The van der Waals surface area contributed by atoms with Gasteiger partial charge in [0.2, 0.25) is 11.8 Å². The van der Waals surface area contributed by atoms with Gasteiger partial charge in [0.05, 0.1) is 0 Å². The molecule has 5 fully saturated rings. The molecule has 2 amide bonds. The number of carbonyl (C=O) groups excluding carboxylic acids is 2. The van der Waals surface area contributed by atoms with E-state index in [1.807, 2.05) is 0 Å². The zero-order valence-corrected chi connectivity index (χ0v) is 14.8.